The predicted molar refractivity (Wildman–Crippen MR) is 73.3 cm³/mol. The van der Waals surface area contributed by atoms with E-state index < -0.39 is 11.9 Å². The number of rotatable bonds is 3. The Hall–Kier alpha value is -2.37. The molecule has 108 valence electrons. The van der Waals surface area contributed by atoms with Crippen LogP contribution in [0.3, 0.4) is 0 Å². The Morgan fingerprint density at radius 2 is 1.21 bits per heavy atom. The van der Waals surface area contributed by atoms with Gasteiger partial charge in [-0.25, -0.2) is 9.59 Å². The third kappa shape index (κ3) is 21.5. The van der Waals surface area contributed by atoms with Crippen LogP contribution < -0.4 is 5.73 Å². The minimum Gasteiger partial charge on any atom is -0.478 e. The highest BCUT2D eigenvalue weighted by Crippen LogP contribution is 1.87. The number of hydrogen-bond acceptors (Lipinski definition) is 4. The number of esters is 1. The fourth-order valence-corrected chi connectivity index (χ4v) is 0.174. The lowest BCUT2D eigenvalue weighted by Gasteiger charge is -1.91. The number of amides is 1. The van der Waals surface area contributed by atoms with Crippen LogP contribution in [0, 0.1) is 0 Å². The molecule has 0 radical (unpaired) electrons. The second-order valence-corrected chi connectivity index (χ2v) is 3.50. The second kappa shape index (κ2) is 12.1. The molecule has 6 nitrogen and oxygen atoms in total. The number of primary amides is 1. The Kier molecular flexibility index (Phi) is 13.9. The quantitative estimate of drug-likeness (QED) is 0.596. The van der Waals surface area contributed by atoms with Crippen LogP contribution in [0.15, 0.2) is 36.5 Å². The van der Waals surface area contributed by atoms with Crippen LogP contribution >= 0.6 is 0 Å². The van der Waals surface area contributed by atoms with Crippen LogP contribution in [0.25, 0.3) is 0 Å². The van der Waals surface area contributed by atoms with Crippen LogP contribution in [0.1, 0.15) is 20.8 Å². The van der Waals surface area contributed by atoms with Crippen molar-refractivity contribution in [3.8, 4) is 0 Å². The number of ether oxygens (including phenoxy) is 1. The van der Waals surface area contributed by atoms with Crippen molar-refractivity contribution < 1.29 is 24.2 Å². The summed E-state index contributed by atoms with van der Waals surface area (Å²) >= 11 is 0. The fourth-order valence-electron chi connectivity index (χ4n) is 0.174. The zero-order valence-corrected chi connectivity index (χ0v) is 11.8. The third-order valence-electron chi connectivity index (χ3n) is 1.32. The smallest absolute Gasteiger partial charge is 0.332 e. The van der Waals surface area contributed by atoms with Crippen LogP contribution in [0.4, 0.5) is 0 Å². The molecular formula is C13H21NO5. The number of hydrogen-bond donors (Lipinski definition) is 2. The topological polar surface area (TPSA) is 107 Å². The Bertz CT molecular complexity index is 334. The Morgan fingerprint density at radius 1 is 0.947 bits per heavy atom. The number of nitrogens with two attached hydrogens (primary N) is 1. The molecule has 0 bridgehead atoms. The van der Waals surface area contributed by atoms with Crippen molar-refractivity contribution in [2.24, 2.45) is 5.73 Å². The van der Waals surface area contributed by atoms with Crippen molar-refractivity contribution in [1.82, 2.24) is 0 Å². The molecule has 0 heterocycles. The number of carboxylic acid groups (broad SMARTS) is 1. The number of methoxy groups -OCH3 is 1. The van der Waals surface area contributed by atoms with Gasteiger partial charge in [-0.2, -0.15) is 0 Å². The van der Waals surface area contributed by atoms with Gasteiger partial charge in [0.15, 0.2) is 0 Å². The summed E-state index contributed by atoms with van der Waals surface area (Å²) in [5, 5.41) is 7.89. The first-order valence-corrected chi connectivity index (χ1v) is 5.05. The first-order valence-electron chi connectivity index (χ1n) is 5.05. The summed E-state index contributed by atoms with van der Waals surface area (Å²) in [6.45, 7) is 14.4. The van der Waals surface area contributed by atoms with Gasteiger partial charge in [0.2, 0.25) is 5.91 Å². The van der Waals surface area contributed by atoms with E-state index in [0.717, 1.165) is 0 Å². The van der Waals surface area contributed by atoms with Gasteiger partial charge >= 0.3 is 11.9 Å². The fraction of sp³-hybridized carbons (Fsp3) is 0.308. The van der Waals surface area contributed by atoms with Crippen LogP contribution in [-0.4, -0.2) is 30.1 Å². The summed E-state index contributed by atoms with van der Waals surface area (Å²) in [5.41, 5.74) is 5.70. The summed E-state index contributed by atoms with van der Waals surface area (Å²) < 4.78 is 4.27. The Labute approximate surface area is 113 Å². The van der Waals surface area contributed by atoms with Gasteiger partial charge in [0.05, 0.1) is 7.11 Å². The lowest BCUT2D eigenvalue weighted by molar-refractivity contribution is -0.136. The molecule has 0 atom stereocenters. The molecule has 0 unspecified atom stereocenters. The van der Waals surface area contributed by atoms with Gasteiger partial charge in [-0.3, -0.25) is 4.79 Å². The molecule has 0 aromatic carbocycles. The van der Waals surface area contributed by atoms with Crippen molar-refractivity contribution >= 4 is 17.8 Å². The molecule has 0 aliphatic carbocycles. The summed E-state index contributed by atoms with van der Waals surface area (Å²) in [5.74, 6) is -1.72. The minimum atomic E-state index is -0.935. The SMILES string of the molecule is C=C(C)C(=O)O.C=C(C)C(=O)OC.C=C(C)C(N)=O. The number of carboxylic acids is 1. The standard InChI is InChI=1S/C5H8O2.C4H7NO.C4H6O2/c1-4(2)5(6)7-3;2*1-3(2)4(5)6/h1H2,2-3H3;1H2,2H3,(H2,5,6);1H2,2H3,(H,5,6). The second-order valence-electron chi connectivity index (χ2n) is 3.50. The molecule has 0 rings (SSSR count). The third-order valence-corrected chi connectivity index (χ3v) is 1.32. The summed E-state index contributed by atoms with van der Waals surface area (Å²) in [6, 6.07) is 0. The molecule has 3 N–H and O–H groups in total. The van der Waals surface area contributed by atoms with Crippen molar-refractivity contribution in [2.75, 3.05) is 7.11 Å². The molecular weight excluding hydrogens is 250 g/mol. The van der Waals surface area contributed by atoms with Gasteiger partial charge in [-0.15, -0.1) is 0 Å². The van der Waals surface area contributed by atoms with Crippen molar-refractivity contribution in [1.29, 1.82) is 0 Å². The molecule has 19 heavy (non-hydrogen) atoms. The van der Waals surface area contributed by atoms with Crippen LogP contribution in [0.2, 0.25) is 0 Å². The molecule has 0 spiro atoms. The predicted octanol–water partition coefficient (Wildman–Crippen LogP) is 1.43. The first-order chi connectivity index (χ1) is 8.47. The number of carbonyl (C=O) groups excluding carboxylic acids is 2. The van der Waals surface area contributed by atoms with Crippen molar-refractivity contribution in [2.45, 2.75) is 20.8 Å². The Balaban J connectivity index is -0.000000203. The highest BCUT2D eigenvalue weighted by Gasteiger charge is 1.95. The molecule has 0 aliphatic heterocycles. The maximum absolute atomic E-state index is 10.2. The van der Waals surface area contributed by atoms with E-state index >= 15 is 0 Å². The molecule has 0 aliphatic rings. The zero-order valence-electron chi connectivity index (χ0n) is 11.8. The molecule has 0 aromatic heterocycles. The van der Waals surface area contributed by atoms with E-state index in [1.807, 2.05) is 0 Å². The largest absolute Gasteiger partial charge is 0.478 e. The van der Waals surface area contributed by atoms with Gasteiger partial charge in [-0.1, -0.05) is 19.7 Å². The lowest BCUT2D eigenvalue weighted by atomic mass is 10.3. The van der Waals surface area contributed by atoms with Crippen molar-refractivity contribution in [3.63, 3.8) is 0 Å². The van der Waals surface area contributed by atoms with E-state index in [1.54, 1.807) is 13.8 Å². The van der Waals surface area contributed by atoms with Gasteiger partial charge < -0.3 is 15.6 Å². The highest BCUT2D eigenvalue weighted by atomic mass is 16.5. The van der Waals surface area contributed by atoms with Crippen molar-refractivity contribution in [3.05, 3.63) is 36.5 Å². The first kappa shape index (κ1) is 21.9. The monoisotopic (exact) mass is 271 g/mol. The average Bonchev–Trinajstić information content (AvgIpc) is 2.29. The summed E-state index contributed by atoms with van der Waals surface area (Å²) in [6.07, 6.45) is 0. The maximum atomic E-state index is 10.2. The Morgan fingerprint density at radius 3 is 1.21 bits per heavy atom. The summed E-state index contributed by atoms with van der Waals surface area (Å²) in [7, 11) is 1.33. The number of carbonyl (C=O) groups is 3. The summed E-state index contributed by atoms with van der Waals surface area (Å²) in [4.78, 5) is 29.6. The molecule has 0 aromatic rings. The van der Waals surface area contributed by atoms with Crippen LogP contribution in [-0.2, 0) is 19.1 Å². The van der Waals surface area contributed by atoms with Gasteiger partial charge in [0.25, 0.3) is 0 Å². The zero-order chi connectivity index (χ0) is 16.2. The van der Waals surface area contributed by atoms with Gasteiger partial charge in [0.1, 0.15) is 0 Å². The molecule has 6 heteroatoms. The normalized spacial score (nSPS) is 7.58. The average molecular weight is 271 g/mol. The van der Waals surface area contributed by atoms with E-state index in [9.17, 15) is 14.4 Å². The van der Waals surface area contributed by atoms with Gasteiger partial charge in [-0.05, 0) is 20.8 Å². The molecule has 0 saturated carbocycles. The number of aliphatic carboxylic acids is 1. The molecule has 1 amide bonds. The van der Waals surface area contributed by atoms with E-state index in [0.29, 0.717) is 11.1 Å². The molecule has 0 saturated heterocycles. The molecule has 0 fully saturated rings. The van der Waals surface area contributed by atoms with E-state index in [-0.39, 0.29) is 11.5 Å². The van der Waals surface area contributed by atoms with Gasteiger partial charge in [0, 0.05) is 16.7 Å². The highest BCUT2D eigenvalue weighted by molar-refractivity contribution is 5.90. The van der Waals surface area contributed by atoms with E-state index in [1.165, 1.54) is 14.0 Å². The maximum Gasteiger partial charge on any atom is 0.332 e. The minimum absolute atomic E-state index is 0.176. The van der Waals surface area contributed by atoms with Crippen LogP contribution in [0.5, 0.6) is 0 Å². The lowest BCUT2D eigenvalue weighted by Crippen LogP contribution is -2.10. The van der Waals surface area contributed by atoms with E-state index in [2.05, 4.69) is 24.5 Å². The van der Waals surface area contributed by atoms with E-state index in [4.69, 9.17) is 10.8 Å².